The average molecular weight is 179 g/mol. The normalized spacial score (nSPS) is 15.6. The Morgan fingerprint density at radius 2 is 2.08 bits per heavy atom. The highest BCUT2D eigenvalue weighted by Gasteiger charge is 2.03. The SMILES string of the molecule is [2H]c1c([2H])c([2H])c(-n2nc(C)cc2O)c([2H])c1[2H]. The molecule has 0 aliphatic carbocycles. The van der Waals surface area contributed by atoms with E-state index in [0.29, 0.717) is 5.69 Å². The van der Waals surface area contributed by atoms with Crippen molar-refractivity contribution in [1.82, 2.24) is 9.78 Å². The summed E-state index contributed by atoms with van der Waals surface area (Å²) in [5.41, 5.74) is 0.325. The average Bonchev–Trinajstić information content (AvgIpc) is 2.64. The van der Waals surface area contributed by atoms with Crippen molar-refractivity contribution in [2.45, 2.75) is 6.92 Å². The highest BCUT2D eigenvalue weighted by Crippen LogP contribution is 2.16. The Morgan fingerprint density at radius 1 is 1.38 bits per heavy atom. The first kappa shape index (κ1) is 3.96. The molecule has 0 fully saturated rings. The second kappa shape index (κ2) is 2.94. The summed E-state index contributed by atoms with van der Waals surface area (Å²) in [5.74, 6) is -0.272. The summed E-state index contributed by atoms with van der Waals surface area (Å²) in [6, 6.07) is -0.853. The van der Waals surface area contributed by atoms with Gasteiger partial charge in [0.05, 0.1) is 18.2 Å². The lowest BCUT2D eigenvalue weighted by Gasteiger charge is -2.00. The number of para-hydroxylation sites is 1. The fraction of sp³-hybridized carbons (Fsp3) is 0.100. The molecule has 2 aromatic rings. The van der Waals surface area contributed by atoms with Crippen LogP contribution in [0.25, 0.3) is 5.69 Å². The van der Waals surface area contributed by atoms with E-state index in [1.165, 1.54) is 6.07 Å². The quantitative estimate of drug-likeness (QED) is 0.726. The maximum Gasteiger partial charge on any atom is 0.214 e. The lowest BCUT2D eigenvalue weighted by Crippen LogP contribution is -1.94. The van der Waals surface area contributed by atoms with Gasteiger partial charge in [0.2, 0.25) is 5.88 Å². The van der Waals surface area contributed by atoms with Crippen LogP contribution in [0.3, 0.4) is 0 Å². The standard InChI is InChI=1S/C10H10N2O/c1-8-7-10(13)12(11-8)9-5-3-2-4-6-9/h2-7,13H,1H3/i2D,3D,4D,5D,6D. The molecule has 0 unspecified atom stereocenters. The van der Waals surface area contributed by atoms with E-state index in [2.05, 4.69) is 5.10 Å². The minimum atomic E-state index is -0.475. The van der Waals surface area contributed by atoms with Crippen molar-refractivity contribution in [1.29, 1.82) is 0 Å². The van der Waals surface area contributed by atoms with Crippen LogP contribution >= 0.6 is 0 Å². The van der Waals surface area contributed by atoms with E-state index >= 15 is 0 Å². The summed E-state index contributed by atoms with van der Waals surface area (Å²) in [7, 11) is 0. The van der Waals surface area contributed by atoms with Crippen LogP contribution in [0, 0.1) is 6.92 Å². The molecule has 0 atom stereocenters. The summed E-state index contributed by atoms with van der Waals surface area (Å²) in [4.78, 5) is 0. The fourth-order valence-corrected chi connectivity index (χ4v) is 1.000. The zero-order valence-corrected chi connectivity index (χ0v) is 6.92. The van der Waals surface area contributed by atoms with Crippen molar-refractivity contribution in [3.63, 3.8) is 0 Å². The summed E-state index contributed by atoms with van der Waals surface area (Å²) in [5, 5.41) is 13.6. The second-order valence-electron chi connectivity index (χ2n) is 2.53. The number of hydrogen-bond donors (Lipinski definition) is 1. The number of aryl methyl sites for hydroxylation is 1. The third kappa shape index (κ3) is 1.40. The molecule has 0 saturated carbocycles. The summed E-state index contributed by atoms with van der Waals surface area (Å²) >= 11 is 0. The van der Waals surface area contributed by atoms with Gasteiger partial charge in [-0.3, -0.25) is 0 Å². The molecule has 1 N–H and O–H groups in total. The molecule has 2 rings (SSSR count). The van der Waals surface area contributed by atoms with Gasteiger partial charge in [0, 0.05) is 6.07 Å². The number of aromatic hydroxyl groups is 1. The Kier molecular flexibility index (Phi) is 0.894. The van der Waals surface area contributed by atoms with Gasteiger partial charge in [0.25, 0.3) is 0 Å². The third-order valence-electron chi connectivity index (χ3n) is 1.51. The highest BCUT2D eigenvalue weighted by atomic mass is 16.3. The van der Waals surface area contributed by atoms with Gasteiger partial charge in [-0.2, -0.15) is 5.10 Å². The van der Waals surface area contributed by atoms with E-state index in [9.17, 15) is 5.11 Å². The number of nitrogens with zero attached hydrogens (tertiary/aromatic N) is 2. The Hall–Kier alpha value is -1.77. The van der Waals surface area contributed by atoms with E-state index < -0.39 is 30.2 Å². The smallest absolute Gasteiger partial charge is 0.214 e. The van der Waals surface area contributed by atoms with Crippen LogP contribution in [0.5, 0.6) is 5.88 Å². The summed E-state index contributed by atoms with van der Waals surface area (Å²) in [6.45, 7) is 1.63. The number of rotatable bonds is 1. The molecule has 13 heavy (non-hydrogen) atoms. The summed E-state index contributed by atoms with van der Waals surface area (Å²) in [6.07, 6.45) is 0. The van der Waals surface area contributed by atoms with Crippen LogP contribution in [0.2, 0.25) is 0 Å². The lowest BCUT2D eigenvalue weighted by atomic mass is 10.3. The molecule has 66 valence electrons. The van der Waals surface area contributed by atoms with Gasteiger partial charge in [0.15, 0.2) is 0 Å². The van der Waals surface area contributed by atoms with Crippen LogP contribution in [0.1, 0.15) is 12.5 Å². The maximum atomic E-state index is 9.65. The molecule has 0 saturated heterocycles. The number of hydrogen-bond acceptors (Lipinski definition) is 2. The van der Waals surface area contributed by atoms with Crippen molar-refractivity contribution in [3.05, 3.63) is 42.0 Å². The third-order valence-corrected chi connectivity index (χ3v) is 1.51. The molecule has 1 aromatic heterocycles. The van der Waals surface area contributed by atoms with Gasteiger partial charge < -0.3 is 5.11 Å². The van der Waals surface area contributed by atoms with Crippen LogP contribution in [0.4, 0.5) is 0 Å². The molecule has 3 nitrogen and oxygen atoms in total. The van der Waals surface area contributed by atoms with Crippen molar-refractivity contribution in [2.24, 2.45) is 0 Å². The molecule has 0 spiro atoms. The maximum absolute atomic E-state index is 9.65. The van der Waals surface area contributed by atoms with E-state index in [1.54, 1.807) is 6.92 Å². The molecule has 1 heterocycles. The Balaban J connectivity index is 2.84. The first-order valence-electron chi connectivity index (χ1n) is 6.17. The van der Waals surface area contributed by atoms with E-state index in [0.717, 1.165) is 4.68 Å². The van der Waals surface area contributed by atoms with Gasteiger partial charge in [-0.1, -0.05) is 18.1 Å². The van der Waals surface area contributed by atoms with Gasteiger partial charge in [-0.05, 0) is 19.0 Å². The zero-order chi connectivity index (χ0) is 13.6. The van der Waals surface area contributed by atoms with Crippen molar-refractivity contribution < 1.29 is 12.0 Å². The minimum Gasteiger partial charge on any atom is -0.493 e. The Bertz CT molecular complexity index is 609. The highest BCUT2D eigenvalue weighted by molar-refractivity contribution is 5.34. The van der Waals surface area contributed by atoms with Crippen molar-refractivity contribution in [2.75, 3.05) is 0 Å². The monoisotopic (exact) mass is 179 g/mol. The second-order valence-corrected chi connectivity index (χ2v) is 2.53. The van der Waals surface area contributed by atoms with Crippen LogP contribution in [0.15, 0.2) is 36.3 Å². The fourth-order valence-electron chi connectivity index (χ4n) is 1.000. The van der Waals surface area contributed by atoms with Crippen molar-refractivity contribution >= 4 is 0 Å². The van der Waals surface area contributed by atoms with Gasteiger partial charge in [-0.15, -0.1) is 0 Å². The number of aromatic nitrogens is 2. The largest absolute Gasteiger partial charge is 0.493 e. The molecule has 3 heteroatoms. The molecular formula is C10H10N2O. The molecule has 0 amide bonds. The first-order chi connectivity index (χ1) is 8.34. The predicted molar refractivity (Wildman–Crippen MR) is 50.0 cm³/mol. The molecule has 1 aromatic carbocycles. The number of benzene rings is 1. The minimum absolute atomic E-state index is 0.161. The Morgan fingerprint density at radius 3 is 2.62 bits per heavy atom. The Labute approximate surface area is 83.3 Å². The van der Waals surface area contributed by atoms with Crippen LogP contribution < -0.4 is 0 Å². The first-order valence-corrected chi connectivity index (χ1v) is 3.67. The molecule has 0 aliphatic rings. The molecule has 0 bridgehead atoms. The lowest BCUT2D eigenvalue weighted by molar-refractivity contribution is 0.433. The van der Waals surface area contributed by atoms with E-state index in [-0.39, 0.29) is 11.6 Å². The predicted octanol–water partition coefficient (Wildman–Crippen LogP) is 1.89. The zero-order valence-electron chi connectivity index (χ0n) is 11.9. The summed E-state index contributed by atoms with van der Waals surface area (Å²) < 4.78 is 38.9. The molecular weight excluding hydrogens is 164 g/mol. The van der Waals surface area contributed by atoms with Crippen molar-refractivity contribution in [3.8, 4) is 11.6 Å². The van der Waals surface area contributed by atoms with Crippen LogP contribution in [-0.2, 0) is 0 Å². The molecule has 0 aliphatic heterocycles. The van der Waals surface area contributed by atoms with E-state index in [4.69, 9.17) is 6.85 Å². The van der Waals surface area contributed by atoms with Gasteiger partial charge >= 0.3 is 0 Å². The van der Waals surface area contributed by atoms with Crippen LogP contribution in [-0.4, -0.2) is 14.9 Å². The molecule has 0 radical (unpaired) electrons. The van der Waals surface area contributed by atoms with E-state index in [1.807, 2.05) is 0 Å². The van der Waals surface area contributed by atoms with Gasteiger partial charge in [-0.25, -0.2) is 4.68 Å². The van der Waals surface area contributed by atoms with Gasteiger partial charge in [0.1, 0.15) is 0 Å². The topological polar surface area (TPSA) is 38.0 Å².